The maximum absolute atomic E-state index is 11.6. The molecule has 5 heteroatoms. The van der Waals surface area contributed by atoms with E-state index in [0.717, 1.165) is 19.6 Å². The van der Waals surface area contributed by atoms with Crippen LogP contribution in [-0.4, -0.2) is 37.0 Å². The summed E-state index contributed by atoms with van der Waals surface area (Å²) in [4.78, 5) is 13.7. The average Bonchev–Trinajstić information content (AvgIpc) is 2.47. The molecule has 0 spiro atoms. The van der Waals surface area contributed by atoms with Crippen LogP contribution >= 0.6 is 0 Å². The Morgan fingerprint density at radius 2 is 1.95 bits per heavy atom. The molecule has 1 aromatic carbocycles. The van der Waals surface area contributed by atoms with Crippen LogP contribution < -0.4 is 16.0 Å². The standard InChI is InChI=1S/C15H21N3O2/c1-3-9-18(10-4-2)11-12-20-14-8-6-5-7-13(14)15(19)17-16/h3-8H,1-2,9-12,16H2,(H,17,19). The van der Waals surface area contributed by atoms with Gasteiger partial charge in [-0.3, -0.25) is 15.1 Å². The van der Waals surface area contributed by atoms with E-state index in [1.807, 2.05) is 18.2 Å². The second-order valence-electron chi connectivity index (χ2n) is 4.16. The Hall–Kier alpha value is -2.11. The fourth-order valence-corrected chi connectivity index (χ4v) is 1.76. The maximum Gasteiger partial charge on any atom is 0.268 e. The maximum atomic E-state index is 11.6. The summed E-state index contributed by atoms with van der Waals surface area (Å²) in [6.45, 7) is 10.1. The minimum atomic E-state index is -0.366. The van der Waals surface area contributed by atoms with Crippen molar-refractivity contribution in [3.05, 3.63) is 55.1 Å². The Morgan fingerprint density at radius 3 is 2.55 bits per heavy atom. The molecule has 0 saturated carbocycles. The molecule has 108 valence electrons. The topological polar surface area (TPSA) is 67.6 Å². The number of hydrazine groups is 1. The molecule has 3 N–H and O–H groups in total. The van der Waals surface area contributed by atoms with Gasteiger partial charge in [0.15, 0.2) is 0 Å². The number of rotatable bonds is 9. The zero-order valence-corrected chi connectivity index (χ0v) is 11.5. The van der Waals surface area contributed by atoms with Crippen molar-refractivity contribution in [2.24, 2.45) is 5.84 Å². The van der Waals surface area contributed by atoms with Gasteiger partial charge in [-0.25, -0.2) is 5.84 Å². The average molecular weight is 275 g/mol. The van der Waals surface area contributed by atoms with E-state index in [0.29, 0.717) is 17.9 Å². The molecule has 1 rings (SSSR count). The number of ether oxygens (including phenoxy) is 1. The molecule has 0 bridgehead atoms. The van der Waals surface area contributed by atoms with E-state index >= 15 is 0 Å². The molecule has 0 fully saturated rings. The fraction of sp³-hybridized carbons (Fsp3) is 0.267. The fourth-order valence-electron chi connectivity index (χ4n) is 1.76. The minimum Gasteiger partial charge on any atom is -0.491 e. The van der Waals surface area contributed by atoms with Gasteiger partial charge in [0.05, 0.1) is 5.56 Å². The lowest BCUT2D eigenvalue weighted by Crippen LogP contribution is -2.31. The molecule has 0 aliphatic heterocycles. The molecular formula is C15H21N3O2. The predicted octanol–water partition coefficient (Wildman–Crippen LogP) is 1.34. The molecular weight excluding hydrogens is 254 g/mol. The van der Waals surface area contributed by atoms with Crippen LogP contribution in [-0.2, 0) is 0 Å². The van der Waals surface area contributed by atoms with Gasteiger partial charge in [0.2, 0.25) is 0 Å². The second kappa shape index (κ2) is 8.90. The van der Waals surface area contributed by atoms with Crippen LogP contribution in [0, 0.1) is 0 Å². The molecule has 0 unspecified atom stereocenters. The van der Waals surface area contributed by atoms with Crippen LogP contribution in [0.5, 0.6) is 5.75 Å². The zero-order valence-electron chi connectivity index (χ0n) is 11.5. The molecule has 0 atom stereocenters. The van der Waals surface area contributed by atoms with E-state index in [2.05, 4.69) is 23.5 Å². The Morgan fingerprint density at radius 1 is 1.30 bits per heavy atom. The third-order valence-electron chi connectivity index (χ3n) is 2.70. The zero-order chi connectivity index (χ0) is 14.8. The molecule has 0 aliphatic rings. The van der Waals surface area contributed by atoms with Crippen LogP contribution in [0.25, 0.3) is 0 Å². The smallest absolute Gasteiger partial charge is 0.268 e. The number of carbonyl (C=O) groups is 1. The number of nitrogen functional groups attached to an aromatic ring is 1. The minimum absolute atomic E-state index is 0.366. The molecule has 0 saturated heterocycles. The van der Waals surface area contributed by atoms with Crippen LogP contribution in [0.4, 0.5) is 0 Å². The summed E-state index contributed by atoms with van der Waals surface area (Å²) < 4.78 is 5.66. The van der Waals surface area contributed by atoms with Crippen LogP contribution in [0.3, 0.4) is 0 Å². The van der Waals surface area contributed by atoms with Crippen LogP contribution in [0.15, 0.2) is 49.6 Å². The Labute approximate surface area is 119 Å². The lowest BCUT2D eigenvalue weighted by molar-refractivity contribution is 0.0949. The highest BCUT2D eigenvalue weighted by Crippen LogP contribution is 2.17. The Balaban J connectivity index is 2.58. The van der Waals surface area contributed by atoms with Gasteiger partial charge in [0.1, 0.15) is 12.4 Å². The first-order valence-electron chi connectivity index (χ1n) is 6.39. The van der Waals surface area contributed by atoms with Crippen molar-refractivity contribution in [2.45, 2.75) is 0 Å². The van der Waals surface area contributed by atoms with Gasteiger partial charge in [0.25, 0.3) is 5.91 Å². The normalized spacial score (nSPS) is 10.1. The summed E-state index contributed by atoms with van der Waals surface area (Å²) in [5, 5.41) is 0. The van der Waals surface area contributed by atoms with Crippen molar-refractivity contribution >= 4 is 5.91 Å². The van der Waals surface area contributed by atoms with Gasteiger partial charge in [-0.05, 0) is 12.1 Å². The van der Waals surface area contributed by atoms with Gasteiger partial charge in [0, 0.05) is 19.6 Å². The van der Waals surface area contributed by atoms with E-state index < -0.39 is 0 Å². The van der Waals surface area contributed by atoms with Crippen molar-refractivity contribution in [1.82, 2.24) is 10.3 Å². The van der Waals surface area contributed by atoms with E-state index in [9.17, 15) is 4.79 Å². The van der Waals surface area contributed by atoms with Gasteiger partial charge in [-0.2, -0.15) is 0 Å². The van der Waals surface area contributed by atoms with E-state index in [4.69, 9.17) is 10.6 Å². The quantitative estimate of drug-likeness (QED) is 0.309. The van der Waals surface area contributed by atoms with Crippen molar-refractivity contribution < 1.29 is 9.53 Å². The number of carbonyl (C=O) groups excluding carboxylic acids is 1. The molecule has 1 aromatic rings. The summed E-state index contributed by atoms with van der Waals surface area (Å²) in [5.74, 6) is 5.30. The van der Waals surface area contributed by atoms with Crippen molar-refractivity contribution in [3.63, 3.8) is 0 Å². The number of benzene rings is 1. The number of para-hydroxylation sites is 1. The van der Waals surface area contributed by atoms with E-state index in [1.165, 1.54) is 0 Å². The van der Waals surface area contributed by atoms with Gasteiger partial charge in [-0.1, -0.05) is 24.3 Å². The number of nitrogens with zero attached hydrogens (tertiary/aromatic N) is 1. The van der Waals surface area contributed by atoms with Gasteiger partial charge < -0.3 is 4.74 Å². The van der Waals surface area contributed by atoms with Gasteiger partial charge in [-0.15, -0.1) is 13.2 Å². The van der Waals surface area contributed by atoms with Crippen molar-refractivity contribution in [3.8, 4) is 5.75 Å². The summed E-state index contributed by atoms with van der Waals surface area (Å²) >= 11 is 0. The third kappa shape index (κ3) is 4.87. The SMILES string of the molecule is C=CCN(CC=C)CCOc1ccccc1C(=O)NN. The highest BCUT2D eigenvalue weighted by Gasteiger charge is 2.10. The largest absolute Gasteiger partial charge is 0.491 e. The highest BCUT2D eigenvalue weighted by atomic mass is 16.5. The first kappa shape index (κ1) is 15.9. The van der Waals surface area contributed by atoms with E-state index in [1.54, 1.807) is 18.2 Å². The molecule has 20 heavy (non-hydrogen) atoms. The highest BCUT2D eigenvalue weighted by molar-refractivity contribution is 5.96. The van der Waals surface area contributed by atoms with Crippen molar-refractivity contribution in [1.29, 1.82) is 0 Å². The monoisotopic (exact) mass is 275 g/mol. The Kier molecular flexibility index (Phi) is 7.10. The summed E-state index contributed by atoms with van der Waals surface area (Å²) in [6, 6.07) is 6.99. The van der Waals surface area contributed by atoms with Crippen LogP contribution in [0.2, 0.25) is 0 Å². The number of hydrogen-bond acceptors (Lipinski definition) is 4. The van der Waals surface area contributed by atoms with Crippen LogP contribution in [0.1, 0.15) is 10.4 Å². The summed E-state index contributed by atoms with van der Waals surface area (Å²) in [5.41, 5.74) is 2.53. The lowest BCUT2D eigenvalue weighted by atomic mass is 10.2. The molecule has 5 nitrogen and oxygen atoms in total. The second-order valence-corrected chi connectivity index (χ2v) is 4.16. The van der Waals surface area contributed by atoms with Gasteiger partial charge >= 0.3 is 0 Å². The first-order valence-corrected chi connectivity index (χ1v) is 6.39. The first-order chi connectivity index (χ1) is 9.72. The Bertz CT molecular complexity index is 450. The lowest BCUT2D eigenvalue weighted by Gasteiger charge is -2.19. The third-order valence-corrected chi connectivity index (χ3v) is 2.70. The molecule has 1 amide bonds. The molecule has 0 heterocycles. The van der Waals surface area contributed by atoms with E-state index in [-0.39, 0.29) is 5.91 Å². The molecule has 0 aliphatic carbocycles. The predicted molar refractivity (Wildman–Crippen MR) is 80.4 cm³/mol. The molecule has 0 radical (unpaired) electrons. The summed E-state index contributed by atoms with van der Waals surface area (Å²) in [7, 11) is 0. The number of nitrogens with one attached hydrogen (secondary N) is 1. The molecule has 0 aromatic heterocycles. The number of nitrogens with two attached hydrogens (primary N) is 1. The number of hydrogen-bond donors (Lipinski definition) is 2. The summed E-state index contributed by atoms with van der Waals surface area (Å²) in [6.07, 6.45) is 3.67. The number of amides is 1. The van der Waals surface area contributed by atoms with Crippen molar-refractivity contribution in [2.75, 3.05) is 26.2 Å².